The normalized spacial score (nSPS) is 11.6. The summed E-state index contributed by atoms with van der Waals surface area (Å²) in [5.41, 5.74) is 1.40. The lowest BCUT2D eigenvalue weighted by molar-refractivity contribution is -0.132. The summed E-state index contributed by atoms with van der Waals surface area (Å²) in [6.45, 7) is 3.63. The summed E-state index contributed by atoms with van der Waals surface area (Å²) in [6, 6.07) is 18.0. The number of Topliss-reactive ketones (excluding diaryl/α,β-unsaturated/α-hetero) is 1. The van der Waals surface area contributed by atoms with Crippen LogP contribution in [0.3, 0.4) is 0 Å². The second-order valence-electron chi connectivity index (χ2n) is 4.79. The number of carboxylic acid groups (broad SMARTS) is 1. The third-order valence-electron chi connectivity index (χ3n) is 3.38. The minimum atomic E-state index is -1.08. The first kappa shape index (κ1) is 14.7. The summed E-state index contributed by atoms with van der Waals surface area (Å²) >= 11 is 0. The van der Waals surface area contributed by atoms with Crippen molar-refractivity contribution in [2.24, 2.45) is 0 Å². The minimum Gasteiger partial charge on any atom is -0.478 e. The maximum Gasteiger partial charge on any atom is 0.331 e. The molecule has 0 heterocycles. The monoisotopic (exact) mass is 280 g/mol. The number of carbonyl (C=O) groups excluding carboxylic acids is 1. The van der Waals surface area contributed by atoms with Gasteiger partial charge in [0.05, 0.1) is 0 Å². The number of carbonyl (C=O) groups is 2. The first-order valence-corrected chi connectivity index (χ1v) is 6.65. The summed E-state index contributed by atoms with van der Waals surface area (Å²) in [5, 5.41) is 9.19. The molecule has 0 spiro atoms. The van der Waals surface area contributed by atoms with Gasteiger partial charge in [-0.05, 0) is 5.56 Å². The van der Waals surface area contributed by atoms with Crippen LogP contribution in [-0.2, 0) is 4.79 Å². The summed E-state index contributed by atoms with van der Waals surface area (Å²) < 4.78 is 0. The van der Waals surface area contributed by atoms with Crippen molar-refractivity contribution in [2.45, 2.75) is 12.3 Å². The van der Waals surface area contributed by atoms with Gasteiger partial charge in [-0.15, -0.1) is 0 Å². The molecule has 2 aromatic carbocycles. The van der Waals surface area contributed by atoms with E-state index in [1.54, 1.807) is 24.3 Å². The van der Waals surface area contributed by atoms with Gasteiger partial charge in [0.1, 0.15) is 0 Å². The molecule has 2 rings (SSSR count). The molecule has 0 aliphatic heterocycles. The fourth-order valence-electron chi connectivity index (χ4n) is 2.20. The average molecular weight is 280 g/mol. The smallest absolute Gasteiger partial charge is 0.331 e. The molecule has 0 aliphatic carbocycles. The SMILES string of the molecule is C=C(C(=O)O)C(CC(=O)c1ccccc1)c1ccccc1. The third-order valence-corrected chi connectivity index (χ3v) is 3.38. The molecule has 0 bridgehead atoms. The van der Waals surface area contributed by atoms with Crippen molar-refractivity contribution in [1.29, 1.82) is 0 Å². The third kappa shape index (κ3) is 3.66. The highest BCUT2D eigenvalue weighted by atomic mass is 16.4. The zero-order chi connectivity index (χ0) is 15.2. The Morgan fingerprint density at radius 2 is 1.48 bits per heavy atom. The van der Waals surface area contributed by atoms with E-state index < -0.39 is 11.9 Å². The molecule has 0 aromatic heterocycles. The van der Waals surface area contributed by atoms with Crippen LogP contribution in [0.1, 0.15) is 28.3 Å². The molecular formula is C18H16O3. The Balaban J connectivity index is 2.27. The topological polar surface area (TPSA) is 54.4 Å². The highest BCUT2D eigenvalue weighted by Crippen LogP contribution is 2.28. The molecule has 0 saturated heterocycles. The fourth-order valence-corrected chi connectivity index (χ4v) is 2.20. The highest BCUT2D eigenvalue weighted by molar-refractivity contribution is 5.98. The van der Waals surface area contributed by atoms with Crippen LogP contribution < -0.4 is 0 Å². The largest absolute Gasteiger partial charge is 0.478 e. The predicted octanol–water partition coefficient (Wildman–Crippen LogP) is 3.68. The van der Waals surface area contributed by atoms with E-state index in [0.29, 0.717) is 5.56 Å². The molecule has 106 valence electrons. The molecule has 0 radical (unpaired) electrons. The van der Waals surface area contributed by atoms with E-state index >= 15 is 0 Å². The fraction of sp³-hybridized carbons (Fsp3) is 0.111. The van der Waals surface area contributed by atoms with Crippen molar-refractivity contribution < 1.29 is 14.7 Å². The van der Waals surface area contributed by atoms with Gasteiger partial charge in [0.25, 0.3) is 0 Å². The molecule has 1 atom stereocenters. The molecule has 1 unspecified atom stereocenters. The van der Waals surface area contributed by atoms with E-state index in [1.165, 1.54) is 0 Å². The van der Waals surface area contributed by atoms with Gasteiger partial charge < -0.3 is 5.11 Å². The second kappa shape index (κ2) is 6.66. The van der Waals surface area contributed by atoms with Crippen LogP contribution in [0, 0.1) is 0 Å². The van der Waals surface area contributed by atoms with E-state index in [9.17, 15) is 14.7 Å². The summed E-state index contributed by atoms with van der Waals surface area (Å²) in [7, 11) is 0. The van der Waals surface area contributed by atoms with Gasteiger partial charge in [-0.3, -0.25) is 4.79 Å². The second-order valence-corrected chi connectivity index (χ2v) is 4.79. The van der Waals surface area contributed by atoms with Gasteiger partial charge in [-0.25, -0.2) is 4.79 Å². The predicted molar refractivity (Wildman–Crippen MR) is 81.3 cm³/mol. The Hall–Kier alpha value is -2.68. The van der Waals surface area contributed by atoms with Gasteiger partial charge in [0, 0.05) is 23.5 Å². The number of hydrogen-bond donors (Lipinski definition) is 1. The number of benzene rings is 2. The van der Waals surface area contributed by atoms with Crippen molar-refractivity contribution in [1.82, 2.24) is 0 Å². The summed E-state index contributed by atoms with van der Waals surface area (Å²) in [5.74, 6) is -1.69. The molecule has 3 heteroatoms. The van der Waals surface area contributed by atoms with E-state index in [1.807, 2.05) is 36.4 Å². The van der Waals surface area contributed by atoms with E-state index in [-0.39, 0.29) is 17.8 Å². The van der Waals surface area contributed by atoms with Crippen molar-refractivity contribution in [3.63, 3.8) is 0 Å². The summed E-state index contributed by atoms with van der Waals surface area (Å²) in [4.78, 5) is 23.5. The van der Waals surface area contributed by atoms with Crippen LogP contribution in [0.5, 0.6) is 0 Å². The van der Waals surface area contributed by atoms with E-state index in [4.69, 9.17) is 0 Å². The lowest BCUT2D eigenvalue weighted by Crippen LogP contribution is -2.14. The number of hydrogen-bond acceptors (Lipinski definition) is 2. The van der Waals surface area contributed by atoms with Gasteiger partial charge in [-0.1, -0.05) is 67.2 Å². The minimum absolute atomic E-state index is 0.0329. The molecule has 0 fully saturated rings. The van der Waals surface area contributed by atoms with Gasteiger partial charge >= 0.3 is 5.97 Å². The van der Waals surface area contributed by atoms with E-state index in [2.05, 4.69) is 6.58 Å². The molecule has 2 aromatic rings. The maximum atomic E-state index is 12.3. The molecular weight excluding hydrogens is 264 g/mol. The van der Waals surface area contributed by atoms with Crippen LogP contribution in [0.4, 0.5) is 0 Å². The van der Waals surface area contributed by atoms with Crippen molar-refractivity contribution in [3.8, 4) is 0 Å². The zero-order valence-corrected chi connectivity index (χ0v) is 11.5. The molecule has 0 saturated carbocycles. The quantitative estimate of drug-likeness (QED) is 0.648. The Morgan fingerprint density at radius 3 is 2.00 bits per heavy atom. The average Bonchev–Trinajstić information content (AvgIpc) is 2.53. The number of ketones is 1. The molecule has 3 nitrogen and oxygen atoms in total. The molecule has 21 heavy (non-hydrogen) atoms. The number of aliphatic carboxylic acids is 1. The highest BCUT2D eigenvalue weighted by Gasteiger charge is 2.23. The summed E-state index contributed by atoms with van der Waals surface area (Å²) in [6.07, 6.45) is 0.0964. The standard InChI is InChI=1S/C18H16O3/c1-13(18(20)21)16(14-8-4-2-5-9-14)12-17(19)15-10-6-3-7-11-15/h2-11,16H,1,12H2,(H,20,21). The Morgan fingerprint density at radius 1 is 0.952 bits per heavy atom. The lowest BCUT2D eigenvalue weighted by Gasteiger charge is -2.16. The van der Waals surface area contributed by atoms with Gasteiger partial charge in [-0.2, -0.15) is 0 Å². The van der Waals surface area contributed by atoms with Crippen molar-refractivity contribution >= 4 is 11.8 Å². The Labute approximate surface area is 123 Å². The lowest BCUT2D eigenvalue weighted by atomic mass is 9.86. The van der Waals surface area contributed by atoms with Crippen LogP contribution in [0.15, 0.2) is 72.8 Å². The van der Waals surface area contributed by atoms with Gasteiger partial charge in [0.2, 0.25) is 0 Å². The molecule has 1 N–H and O–H groups in total. The van der Waals surface area contributed by atoms with Crippen LogP contribution >= 0.6 is 0 Å². The van der Waals surface area contributed by atoms with Crippen LogP contribution in [0.25, 0.3) is 0 Å². The first-order chi connectivity index (χ1) is 10.1. The van der Waals surface area contributed by atoms with E-state index in [0.717, 1.165) is 5.56 Å². The van der Waals surface area contributed by atoms with Crippen LogP contribution in [0.2, 0.25) is 0 Å². The van der Waals surface area contributed by atoms with Crippen molar-refractivity contribution in [2.75, 3.05) is 0 Å². The zero-order valence-electron chi connectivity index (χ0n) is 11.5. The van der Waals surface area contributed by atoms with Crippen molar-refractivity contribution in [3.05, 3.63) is 83.9 Å². The van der Waals surface area contributed by atoms with Crippen LogP contribution in [-0.4, -0.2) is 16.9 Å². The van der Waals surface area contributed by atoms with Gasteiger partial charge in [0.15, 0.2) is 5.78 Å². The first-order valence-electron chi connectivity index (χ1n) is 6.65. The Kier molecular flexibility index (Phi) is 4.67. The maximum absolute atomic E-state index is 12.3. The molecule has 0 aliphatic rings. The molecule has 0 amide bonds. The Bertz CT molecular complexity index is 645. The number of carboxylic acids is 1. The number of rotatable bonds is 6.